The maximum atomic E-state index is 13.6. The second-order valence-corrected chi connectivity index (χ2v) is 11.4. The van der Waals surface area contributed by atoms with E-state index in [2.05, 4.69) is 4.98 Å². The van der Waals surface area contributed by atoms with Crippen molar-refractivity contribution >= 4 is 26.7 Å². The van der Waals surface area contributed by atoms with Crippen LogP contribution in [0.2, 0.25) is 0 Å². The minimum atomic E-state index is -4.24. The van der Waals surface area contributed by atoms with Crippen LogP contribution >= 0.6 is 0 Å². The van der Waals surface area contributed by atoms with E-state index in [1.54, 1.807) is 49.5 Å². The van der Waals surface area contributed by atoms with Crippen molar-refractivity contribution in [3.05, 3.63) is 90.1 Å². The Morgan fingerprint density at radius 1 is 1.05 bits per heavy atom. The Balaban J connectivity index is 1.42. The summed E-state index contributed by atoms with van der Waals surface area (Å²) in [5.74, 6) is 1.01. The summed E-state index contributed by atoms with van der Waals surface area (Å²) in [5.41, 5.74) is 7.32. The zero-order valence-corrected chi connectivity index (χ0v) is 22.8. The smallest absolute Gasteiger partial charge is 0.298 e. The van der Waals surface area contributed by atoms with E-state index >= 15 is 0 Å². The zero-order valence-electron chi connectivity index (χ0n) is 22.0. The van der Waals surface area contributed by atoms with Crippen LogP contribution in [0.25, 0.3) is 10.9 Å². The van der Waals surface area contributed by atoms with Crippen LogP contribution in [0.5, 0.6) is 11.5 Å². The maximum Gasteiger partial charge on any atom is 0.298 e. The number of ether oxygens (including phenoxy) is 3. The number of benzene rings is 3. The van der Waals surface area contributed by atoms with Gasteiger partial charge < -0.3 is 19.9 Å². The summed E-state index contributed by atoms with van der Waals surface area (Å²) in [6, 6.07) is 20.9. The molecule has 1 aliphatic heterocycles. The maximum absolute atomic E-state index is 13.6. The molecule has 1 fully saturated rings. The number of nitrogens with zero attached hydrogens (tertiary/aromatic N) is 1. The summed E-state index contributed by atoms with van der Waals surface area (Å²) < 4.78 is 51.0. The summed E-state index contributed by atoms with van der Waals surface area (Å²) in [5, 5.41) is 0.909. The van der Waals surface area contributed by atoms with Crippen LogP contribution in [0.1, 0.15) is 37.3 Å². The first kappa shape index (κ1) is 26.9. The van der Waals surface area contributed by atoms with Crippen LogP contribution in [-0.4, -0.2) is 32.9 Å². The number of nitrogens with two attached hydrogens (primary N) is 1. The lowest BCUT2D eigenvalue weighted by Crippen LogP contribution is -2.35. The number of nitrogen functional groups attached to an aromatic ring is 1. The van der Waals surface area contributed by atoms with E-state index in [0.29, 0.717) is 29.4 Å². The Morgan fingerprint density at radius 3 is 2.64 bits per heavy atom. The molecule has 1 aliphatic rings. The van der Waals surface area contributed by atoms with Gasteiger partial charge in [-0.15, -0.1) is 0 Å². The number of hydrogen-bond acceptors (Lipinski definition) is 8. The van der Waals surface area contributed by atoms with E-state index in [1.165, 1.54) is 12.1 Å². The molecule has 2 unspecified atom stereocenters. The van der Waals surface area contributed by atoms with Crippen molar-refractivity contribution in [2.75, 3.05) is 18.9 Å². The first-order valence-corrected chi connectivity index (χ1v) is 14.3. The fraction of sp³-hybridized carbons (Fsp3) is 0.300. The lowest BCUT2D eigenvalue weighted by atomic mass is 9.97. The van der Waals surface area contributed by atoms with E-state index in [9.17, 15) is 8.42 Å². The summed E-state index contributed by atoms with van der Waals surface area (Å²) in [7, 11) is -4.24. The first-order chi connectivity index (χ1) is 18.7. The molecule has 2 atom stereocenters. The van der Waals surface area contributed by atoms with E-state index in [0.717, 1.165) is 35.7 Å². The van der Waals surface area contributed by atoms with Gasteiger partial charge in [-0.25, -0.2) is 0 Å². The second kappa shape index (κ2) is 11.2. The SMILES string of the molecule is Cc1ccc(S(=O)(=O)OC(C)(COc2ccc3ncccc3c2)c2ccc(N)cc2)cc1OC1CCCCO1. The number of rotatable bonds is 9. The van der Waals surface area contributed by atoms with Gasteiger partial charge >= 0.3 is 0 Å². The van der Waals surface area contributed by atoms with Gasteiger partial charge in [-0.1, -0.05) is 24.3 Å². The van der Waals surface area contributed by atoms with Gasteiger partial charge in [-0.3, -0.25) is 9.17 Å². The molecule has 9 heteroatoms. The number of anilines is 1. The highest BCUT2D eigenvalue weighted by Gasteiger charge is 2.36. The number of fused-ring (bicyclic) bond motifs is 1. The van der Waals surface area contributed by atoms with Crippen LogP contribution in [0, 0.1) is 6.92 Å². The summed E-state index contributed by atoms with van der Waals surface area (Å²) in [6.45, 7) is 4.09. The third-order valence-electron chi connectivity index (χ3n) is 6.75. The lowest BCUT2D eigenvalue weighted by molar-refractivity contribution is -0.106. The average molecular weight is 549 g/mol. The Labute approximate surface area is 228 Å². The molecule has 1 saturated heterocycles. The molecular weight excluding hydrogens is 516 g/mol. The predicted molar refractivity (Wildman–Crippen MR) is 149 cm³/mol. The Bertz CT molecular complexity index is 1550. The van der Waals surface area contributed by atoms with Gasteiger partial charge in [0.15, 0.2) is 6.29 Å². The van der Waals surface area contributed by atoms with Crippen LogP contribution in [-0.2, 0) is 24.6 Å². The van der Waals surface area contributed by atoms with Gasteiger partial charge in [-0.05, 0) is 80.3 Å². The number of pyridine rings is 1. The summed E-state index contributed by atoms with van der Waals surface area (Å²) in [6.07, 6.45) is 4.07. The first-order valence-electron chi connectivity index (χ1n) is 12.9. The minimum Gasteiger partial charge on any atom is -0.490 e. The molecule has 1 aromatic heterocycles. The van der Waals surface area contributed by atoms with E-state index in [1.807, 2.05) is 31.2 Å². The van der Waals surface area contributed by atoms with Crippen molar-refractivity contribution in [3.63, 3.8) is 0 Å². The second-order valence-electron chi connectivity index (χ2n) is 9.88. The Hall–Kier alpha value is -3.66. The molecule has 3 aromatic carbocycles. The third kappa shape index (κ3) is 6.33. The lowest BCUT2D eigenvalue weighted by Gasteiger charge is -2.30. The number of aromatic nitrogens is 1. The molecule has 4 aromatic rings. The molecule has 0 radical (unpaired) electrons. The van der Waals surface area contributed by atoms with Gasteiger partial charge in [0.1, 0.15) is 23.7 Å². The van der Waals surface area contributed by atoms with Crippen molar-refractivity contribution in [1.82, 2.24) is 4.98 Å². The van der Waals surface area contributed by atoms with Gasteiger partial charge in [0.2, 0.25) is 0 Å². The number of aryl methyl sites for hydroxylation is 1. The molecule has 39 heavy (non-hydrogen) atoms. The highest BCUT2D eigenvalue weighted by atomic mass is 32.2. The summed E-state index contributed by atoms with van der Waals surface area (Å²) in [4.78, 5) is 4.31. The molecular formula is C30H32N2O6S. The molecule has 0 bridgehead atoms. The van der Waals surface area contributed by atoms with Crippen molar-refractivity contribution in [2.24, 2.45) is 0 Å². The highest BCUT2D eigenvalue weighted by molar-refractivity contribution is 7.86. The van der Waals surface area contributed by atoms with Gasteiger partial charge in [-0.2, -0.15) is 8.42 Å². The monoisotopic (exact) mass is 548 g/mol. The molecule has 0 spiro atoms. The zero-order chi connectivity index (χ0) is 27.5. The van der Waals surface area contributed by atoms with Gasteiger partial charge in [0.05, 0.1) is 17.0 Å². The molecule has 2 N–H and O–H groups in total. The quantitative estimate of drug-likeness (QED) is 0.209. The Kier molecular flexibility index (Phi) is 7.74. The summed E-state index contributed by atoms with van der Waals surface area (Å²) >= 11 is 0. The van der Waals surface area contributed by atoms with Crippen LogP contribution in [0.15, 0.2) is 83.9 Å². The molecule has 0 aliphatic carbocycles. The molecule has 8 nitrogen and oxygen atoms in total. The fourth-order valence-corrected chi connectivity index (χ4v) is 5.67. The average Bonchev–Trinajstić information content (AvgIpc) is 2.93. The van der Waals surface area contributed by atoms with Crippen LogP contribution in [0.3, 0.4) is 0 Å². The topological polar surface area (TPSA) is 110 Å². The molecule has 2 heterocycles. The van der Waals surface area contributed by atoms with E-state index < -0.39 is 22.0 Å². The normalized spacial score (nSPS) is 17.4. The largest absolute Gasteiger partial charge is 0.490 e. The van der Waals surface area contributed by atoms with E-state index in [4.69, 9.17) is 24.1 Å². The standard InChI is InChI=1S/C30H32N2O6S/c1-21-8-14-26(19-28(21)37-29-7-3-4-17-35-29)39(33,34)38-30(2,23-9-11-24(31)12-10-23)20-36-25-13-15-27-22(18-25)6-5-16-32-27/h5-6,8-16,18-19,29H,3-4,7,17,20,31H2,1-2H3. The molecule has 0 saturated carbocycles. The third-order valence-corrected chi connectivity index (χ3v) is 8.17. The van der Waals surface area contributed by atoms with Gasteiger partial charge in [0, 0.05) is 29.8 Å². The van der Waals surface area contributed by atoms with Crippen molar-refractivity contribution in [1.29, 1.82) is 0 Å². The predicted octanol–water partition coefficient (Wildman–Crippen LogP) is 5.73. The number of hydrogen-bond donors (Lipinski definition) is 1. The molecule has 204 valence electrons. The van der Waals surface area contributed by atoms with Crippen LogP contribution in [0.4, 0.5) is 5.69 Å². The van der Waals surface area contributed by atoms with Gasteiger partial charge in [0.25, 0.3) is 10.1 Å². The highest BCUT2D eigenvalue weighted by Crippen LogP contribution is 2.34. The van der Waals surface area contributed by atoms with Crippen molar-refractivity contribution < 1.29 is 26.8 Å². The van der Waals surface area contributed by atoms with Crippen molar-refractivity contribution in [3.8, 4) is 11.5 Å². The fourth-order valence-electron chi connectivity index (χ4n) is 4.45. The molecule has 0 amide bonds. The van der Waals surface area contributed by atoms with Crippen LogP contribution < -0.4 is 15.2 Å². The molecule has 5 rings (SSSR count). The minimum absolute atomic E-state index is 0.0163. The van der Waals surface area contributed by atoms with Crippen molar-refractivity contribution in [2.45, 2.75) is 49.9 Å². The van der Waals surface area contributed by atoms with E-state index in [-0.39, 0.29) is 11.5 Å². The Morgan fingerprint density at radius 2 is 1.87 bits per heavy atom.